The van der Waals surface area contributed by atoms with Crippen molar-refractivity contribution in [2.24, 2.45) is 0 Å². The van der Waals surface area contributed by atoms with Crippen LogP contribution in [0.15, 0.2) is 12.1 Å². The lowest BCUT2D eigenvalue weighted by Crippen LogP contribution is -2.30. The maximum Gasteiger partial charge on any atom is 0.151 e. The standard InChI is InChI=1S/C12H16F2N2/c1-16(9-4-2-3-5-9)12-10(13)6-8(15)7-11(12)14/h6-7,9H,2-5,15H2,1H3. The van der Waals surface area contributed by atoms with Crippen LogP contribution in [-0.4, -0.2) is 13.1 Å². The van der Waals surface area contributed by atoms with E-state index in [4.69, 9.17) is 5.73 Å². The summed E-state index contributed by atoms with van der Waals surface area (Å²) in [7, 11) is 1.74. The second-order valence-electron chi connectivity index (χ2n) is 4.38. The molecule has 88 valence electrons. The Kier molecular flexibility index (Phi) is 2.99. The van der Waals surface area contributed by atoms with Gasteiger partial charge in [0, 0.05) is 18.8 Å². The zero-order valence-electron chi connectivity index (χ0n) is 9.34. The Morgan fingerprint density at radius 1 is 1.19 bits per heavy atom. The SMILES string of the molecule is CN(c1c(F)cc(N)cc1F)C1CCCC1. The molecular formula is C12H16F2N2. The molecule has 0 radical (unpaired) electrons. The highest BCUT2D eigenvalue weighted by Crippen LogP contribution is 2.31. The van der Waals surface area contributed by atoms with Crippen molar-refractivity contribution >= 4 is 11.4 Å². The normalized spacial score (nSPS) is 16.7. The van der Waals surface area contributed by atoms with Gasteiger partial charge in [0.25, 0.3) is 0 Å². The van der Waals surface area contributed by atoms with Gasteiger partial charge in [-0.15, -0.1) is 0 Å². The maximum atomic E-state index is 13.7. The summed E-state index contributed by atoms with van der Waals surface area (Å²) in [6.07, 6.45) is 4.26. The van der Waals surface area contributed by atoms with Crippen LogP contribution in [0.1, 0.15) is 25.7 Å². The van der Waals surface area contributed by atoms with Crippen molar-refractivity contribution in [2.45, 2.75) is 31.7 Å². The molecule has 0 saturated heterocycles. The number of hydrogen-bond donors (Lipinski definition) is 1. The minimum Gasteiger partial charge on any atom is -0.399 e. The zero-order valence-corrected chi connectivity index (χ0v) is 9.34. The smallest absolute Gasteiger partial charge is 0.151 e. The van der Waals surface area contributed by atoms with Crippen molar-refractivity contribution in [1.82, 2.24) is 0 Å². The second-order valence-corrected chi connectivity index (χ2v) is 4.38. The van der Waals surface area contributed by atoms with Gasteiger partial charge >= 0.3 is 0 Å². The fourth-order valence-corrected chi connectivity index (χ4v) is 2.40. The fourth-order valence-electron chi connectivity index (χ4n) is 2.40. The van der Waals surface area contributed by atoms with Gasteiger partial charge in [0.15, 0.2) is 11.6 Å². The first-order valence-corrected chi connectivity index (χ1v) is 5.57. The Morgan fingerprint density at radius 2 is 1.69 bits per heavy atom. The monoisotopic (exact) mass is 226 g/mol. The molecule has 4 heteroatoms. The molecule has 0 aromatic heterocycles. The number of nitrogens with zero attached hydrogens (tertiary/aromatic N) is 1. The third-order valence-electron chi connectivity index (χ3n) is 3.26. The molecule has 0 spiro atoms. The molecule has 0 bridgehead atoms. The van der Waals surface area contributed by atoms with E-state index < -0.39 is 11.6 Å². The molecule has 0 aliphatic heterocycles. The first kappa shape index (κ1) is 11.2. The summed E-state index contributed by atoms with van der Waals surface area (Å²) in [6, 6.07) is 2.58. The summed E-state index contributed by atoms with van der Waals surface area (Å²) < 4.78 is 27.3. The van der Waals surface area contributed by atoms with E-state index in [1.807, 2.05) is 0 Å². The van der Waals surface area contributed by atoms with Crippen molar-refractivity contribution in [3.05, 3.63) is 23.8 Å². The van der Waals surface area contributed by atoms with Crippen LogP contribution in [0.25, 0.3) is 0 Å². The average Bonchev–Trinajstić information content (AvgIpc) is 2.67. The van der Waals surface area contributed by atoms with E-state index in [9.17, 15) is 8.78 Å². The highest BCUT2D eigenvalue weighted by molar-refractivity contribution is 5.56. The molecular weight excluding hydrogens is 210 g/mol. The molecule has 2 nitrogen and oxygen atoms in total. The molecule has 1 saturated carbocycles. The Morgan fingerprint density at radius 3 is 2.19 bits per heavy atom. The summed E-state index contributed by atoms with van der Waals surface area (Å²) in [5, 5.41) is 0. The van der Waals surface area contributed by atoms with Crippen LogP contribution in [0.4, 0.5) is 20.2 Å². The number of benzene rings is 1. The number of anilines is 2. The van der Waals surface area contributed by atoms with Crippen LogP contribution in [0.2, 0.25) is 0 Å². The number of halogens is 2. The lowest BCUT2D eigenvalue weighted by molar-refractivity contribution is 0.555. The van der Waals surface area contributed by atoms with Crippen LogP contribution < -0.4 is 10.6 Å². The van der Waals surface area contributed by atoms with Gasteiger partial charge in [0.1, 0.15) is 5.69 Å². The summed E-state index contributed by atoms with van der Waals surface area (Å²) in [4.78, 5) is 1.71. The lowest BCUT2D eigenvalue weighted by Gasteiger charge is -2.27. The van der Waals surface area contributed by atoms with Gasteiger partial charge in [-0.3, -0.25) is 0 Å². The summed E-state index contributed by atoms with van der Waals surface area (Å²) >= 11 is 0. The van der Waals surface area contributed by atoms with Gasteiger partial charge in [-0.1, -0.05) is 12.8 Å². The minimum absolute atomic E-state index is 0.0427. The molecule has 0 unspecified atom stereocenters. The lowest BCUT2D eigenvalue weighted by atomic mass is 10.1. The van der Waals surface area contributed by atoms with E-state index in [-0.39, 0.29) is 17.4 Å². The van der Waals surface area contributed by atoms with Crippen molar-refractivity contribution in [2.75, 3.05) is 17.7 Å². The van der Waals surface area contributed by atoms with Crippen molar-refractivity contribution in [3.8, 4) is 0 Å². The first-order chi connectivity index (χ1) is 7.59. The van der Waals surface area contributed by atoms with Gasteiger partial charge < -0.3 is 10.6 Å². The van der Waals surface area contributed by atoms with Crippen LogP contribution in [0.5, 0.6) is 0 Å². The summed E-state index contributed by atoms with van der Waals surface area (Å²) in [6.45, 7) is 0. The van der Waals surface area contributed by atoms with Gasteiger partial charge in [-0.05, 0) is 25.0 Å². The fraction of sp³-hybridized carbons (Fsp3) is 0.500. The van der Waals surface area contributed by atoms with Crippen molar-refractivity contribution in [3.63, 3.8) is 0 Å². The van der Waals surface area contributed by atoms with Crippen molar-refractivity contribution < 1.29 is 8.78 Å². The predicted octanol–water partition coefficient (Wildman–Crippen LogP) is 2.93. The Labute approximate surface area is 94.0 Å². The Hall–Kier alpha value is -1.32. The quantitative estimate of drug-likeness (QED) is 0.785. The summed E-state index contributed by atoms with van der Waals surface area (Å²) in [5.74, 6) is -1.15. The molecule has 0 amide bonds. The molecule has 1 aliphatic rings. The van der Waals surface area contributed by atoms with E-state index in [0.29, 0.717) is 0 Å². The molecule has 2 rings (SSSR count). The zero-order chi connectivity index (χ0) is 11.7. The molecule has 1 aromatic carbocycles. The van der Waals surface area contributed by atoms with Gasteiger partial charge in [0.2, 0.25) is 0 Å². The molecule has 0 atom stereocenters. The van der Waals surface area contributed by atoms with Crippen LogP contribution in [0, 0.1) is 11.6 Å². The number of nitrogen functional groups attached to an aromatic ring is 1. The largest absolute Gasteiger partial charge is 0.399 e. The third kappa shape index (κ3) is 1.96. The third-order valence-corrected chi connectivity index (χ3v) is 3.26. The summed E-state index contributed by atoms with van der Waals surface area (Å²) in [5.41, 5.74) is 5.55. The molecule has 1 aliphatic carbocycles. The number of nitrogens with two attached hydrogens (primary N) is 1. The van der Waals surface area contributed by atoms with E-state index in [1.165, 1.54) is 12.1 Å². The predicted molar refractivity (Wildman–Crippen MR) is 61.4 cm³/mol. The minimum atomic E-state index is -0.577. The highest BCUT2D eigenvalue weighted by atomic mass is 19.1. The molecule has 0 heterocycles. The first-order valence-electron chi connectivity index (χ1n) is 5.57. The Balaban J connectivity index is 2.31. The van der Waals surface area contributed by atoms with Crippen LogP contribution in [0.3, 0.4) is 0 Å². The second kappa shape index (κ2) is 4.28. The average molecular weight is 226 g/mol. The van der Waals surface area contributed by atoms with Gasteiger partial charge in [-0.25, -0.2) is 8.78 Å². The maximum absolute atomic E-state index is 13.7. The number of hydrogen-bond acceptors (Lipinski definition) is 2. The highest BCUT2D eigenvalue weighted by Gasteiger charge is 2.24. The molecule has 2 N–H and O–H groups in total. The van der Waals surface area contributed by atoms with Crippen LogP contribution in [-0.2, 0) is 0 Å². The van der Waals surface area contributed by atoms with Gasteiger partial charge in [0.05, 0.1) is 0 Å². The Bertz CT molecular complexity index is 364. The topological polar surface area (TPSA) is 29.3 Å². The van der Waals surface area contributed by atoms with E-state index in [1.54, 1.807) is 11.9 Å². The molecule has 16 heavy (non-hydrogen) atoms. The van der Waals surface area contributed by atoms with E-state index >= 15 is 0 Å². The van der Waals surface area contributed by atoms with Crippen molar-refractivity contribution in [1.29, 1.82) is 0 Å². The number of rotatable bonds is 2. The van der Waals surface area contributed by atoms with E-state index in [2.05, 4.69) is 0 Å². The van der Waals surface area contributed by atoms with E-state index in [0.717, 1.165) is 25.7 Å². The van der Waals surface area contributed by atoms with Gasteiger partial charge in [-0.2, -0.15) is 0 Å². The van der Waals surface area contributed by atoms with Crippen LogP contribution >= 0.6 is 0 Å². The molecule has 1 aromatic rings. The molecule has 1 fully saturated rings.